The molecule has 1 saturated heterocycles. The van der Waals surface area contributed by atoms with Crippen LogP contribution in [0.5, 0.6) is 0 Å². The Morgan fingerprint density at radius 2 is 2.00 bits per heavy atom. The number of anilines is 1. The van der Waals surface area contributed by atoms with Crippen LogP contribution in [0.4, 0.5) is 5.82 Å². The van der Waals surface area contributed by atoms with Crippen LogP contribution in [0.1, 0.15) is 43.2 Å². The van der Waals surface area contributed by atoms with Gasteiger partial charge in [-0.05, 0) is 50.7 Å². The standard InChI is InChI=1S/C21H23N5O/c1-14-11-19(23-13-22-14)25-10-4-7-18(25)20-24-17-6-3-2-5-16(17)21(27)26(20)12-15-8-9-15/h2-3,5-6,11,13,15,18H,4,7-10,12H2,1H3. The van der Waals surface area contributed by atoms with E-state index in [0.29, 0.717) is 11.3 Å². The molecule has 5 rings (SSSR count). The third kappa shape index (κ3) is 2.99. The number of para-hydroxylation sites is 1. The van der Waals surface area contributed by atoms with Gasteiger partial charge >= 0.3 is 0 Å². The summed E-state index contributed by atoms with van der Waals surface area (Å²) in [5.41, 5.74) is 1.83. The molecule has 138 valence electrons. The first-order chi connectivity index (χ1) is 13.2. The smallest absolute Gasteiger partial charge is 0.261 e. The van der Waals surface area contributed by atoms with Crippen LogP contribution in [-0.2, 0) is 6.54 Å². The molecule has 6 heteroatoms. The largest absolute Gasteiger partial charge is 0.346 e. The topological polar surface area (TPSA) is 63.9 Å². The lowest BCUT2D eigenvalue weighted by molar-refractivity contribution is 0.526. The minimum atomic E-state index is 0.0790. The van der Waals surface area contributed by atoms with Gasteiger partial charge in [-0.15, -0.1) is 0 Å². The highest BCUT2D eigenvalue weighted by Crippen LogP contribution is 2.36. The molecular formula is C21H23N5O. The molecule has 1 atom stereocenters. The van der Waals surface area contributed by atoms with E-state index in [4.69, 9.17) is 4.98 Å². The van der Waals surface area contributed by atoms with Gasteiger partial charge in [0, 0.05) is 24.8 Å². The van der Waals surface area contributed by atoms with E-state index < -0.39 is 0 Å². The molecule has 2 aromatic heterocycles. The van der Waals surface area contributed by atoms with Crippen LogP contribution in [0.2, 0.25) is 0 Å². The van der Waals surface area contributed by atoms with Crippen LogP contribution in [-0.4, -0.2) is 26.1 Å². The highest BCUT2D eigenvalue weighted by molar-refractivity contribution is 5.77. The molecule has 1 aromatic carbocycles. The van der Waals surface area contributed by atoms with Crippen LogP contribution in [0, 0.1) is 12.8 Å². The highest BCUT2D eigenvalue weighted by atomic mass is 16.1. The zero-order valence-corrected chi connectivity index (χ0v) is 15.5. The van der Waals surface area contributed by atoms with E-state index >= 15 is 0 Å². The molecule has 3 aromatic rings. The van der Waals surface area contributed by atoms with Crippen LogP contribution >= 0.6 is 0 Å². The summed E-state index contributed by atoms with van der Waals surface area (Å²) in [6.07, 6.45) is 6.08. The van der Waals surface area contributed by atoms with Gasteiger partial charge in [0.25, 0.3) is 5.56 Å². The molecule has 0 bridgehead atoms. The summed E-state index contributed by atoms with van der Waals surface area (Å²) in [5.74, 6) is 2.42. The second kappa shape index (κ2) is 6.44. The van der Waals surface area contributed by atoms with Gasteiger partial charge in [0.2, 0.25) is 0 Å². The molecule has 1 aliphatic carbocycles. The predicted molar refractivity (Wildman–Crippen MR) is 105 cm³/mol. The molecule has 2 fully saturated rings. The summed E-state index contributed by atoms with van der Waals surface area (Å²) in [5, 5.41) is 0.712. The predicted octanol–water partition coefficient (Wildman–Crippen LogP) is 3.25. The van der Waals surface area contributed by atoms with Gasteiger partial charge in [0.05, 0.1) is 16.9 Å². The first-order valence-corrected chi connectivity index (χ1v) is 9.75. The van der Waals surface area contributed by atoms with Gasteiger partial charge in [-0.2, -0.15) is 0 Å². The molecular weight excluding hydrogens is 338 g/mol. The normalized spacial score (nSPS) is 19.7. The summed E-state index contributed by atoms with van der Waals surface area (Å²) >= 11 is 0. The monoisotopic (exact) mass is 361 g/mol. The summed E-state index contributed by atoms with van der Waals surface area (Å²) in [7, 11) is 0. The Morgan fingerprint density at radius 1 is 1.15 bits per heavy atom. The van der Waals surface area contributed by atoms with Crippen molar-refractivity contribution in [2.24, 2.45) is 5.92 Å². The molecule has 2 aliphatic rings. The lowest BCUT2D eigenvalue weighted by Crippen LogP contribution is -2.33. The third-order valence-corrected chi connectivity index (χ3v) is 5.66. The molecule has 27 heavy (non-hydrogen) atoms. The maximum atomic E-state index is 13.2. The fourth-order valence-corrected chi connectivity index (χ4v) is 4.08. The summed E-state index contributed by atoms with van der Waals surface area (Å²) in [6.45, 7) is 3.68. The van der Waals surface area contributed by atoms with E-state index in [2.05, 4.69) is 14.9 Å². The van der Waals surface area contributed by atoms with Crippen LogP contribution in [0.3, 0.4) is 0 Å². The van der Waals surface area contributed by atoms with Crippen molar-refractivity contribution >= 4 is 16.7 Å². The Hall–Kier alpha value is -2.76. The van der Waals surface area contributed by atoms with Gasteiger partial charge in [-0.1, -0.05) is 12.1 Å². The van der Waals surface area contributed by atoms with Crippen molar-refractivity contribution in [3.05, 3.63) is 58.5 Å². The Balaban J connectivity index is 1.65. The van der Waals surface area contributed by atoms with Crippen molar-refractivity contribution in [3.8, 4) is 0 Å². The fraction of sp³-hybridized carbons (Fsp3) is 0.429. The van der Waals surface area contributed by atoms with Gasteiger partial charge in [0.15, 0.2) is 0 Å². The zero-order chi connectivity index (χ0) is 18.4. The minimum absolute atomic E-state index is 0.0790. The number of benzene rings is 1. The van der Waals surface area contributed by atoms with Crippen LogP contribution < -0.4 is 10.5 Å². The molecule has 6 nitrogen and oxygen atoms in total. The average Bonchev–Trinajstić information content (AvgIpc) is 3.36. The number of fused-ring (bicyclic) bond motifs is 1. The van der Waals surface area contributed by atoms with Crippen LogP contribution in [0.15, 0.2) is 41.5 Å². The Bertz CT molecular complexity index is 1060. The van der Waals surface area contributed by atoms with Crippen molar-refractivity contribution < 1.29 is 0 Å². The third-order valence-electron chi connectivity index (χ3n) is 5.66. The molecule has 1 unspecified atom stereocenters. The average molecular weight is 361 g/mol. The summed E-state index contributed by atoms with van der Waals surface area (Å²) < 4.78 is 1.94. The first-order valence-electron chi connectivity index (χ1n) is 9.75. The van der Waals surface area contributed by atoms with Gasteiger partial charge in [-0.3, -0.25) is 9.36 Å². The fourth-order valence-electron chi connectivity index (χ4n) is 4.08. The molecule has 3 heterocycles. The van der Waals surface area contributed by atoms with E-state index in [1.807, 2.05) is 41.8 Å². The molecule has 0 radical (unpaired) electrons. The molecule has 0 N–H and O–H groups in total. The Labute approximate surface area is 157 Å². The number of aryl methyl sites for hydroxylation is 1. The number of aromatic nitrogens is 4. The second-order valence-electron chi connectivity index (χ2n) is 7.72. The highest BCUT2D eigenvalue weighted by Gasteiger charge is 2.33. The number of rotatable bonds is 4. The van der Waals surface area contributed by atoms with E-state index in [1.54, 1.807) is 6.33 Å². The van der Waals surface area contributed by atoms with Crippen LogP contribution in [0.25, 0.3) is 10.9 Å². The molecule has 1 saturated carbocycles. The van der Waals surface area contributed by atoms with E-state index in [0.717, 1.165) is 48.8 Å². The van der Waals surface area contributed by atoms with E-state index in [9.17, 15) is 4.79 Å². The van der Waals surface area contributed by atoms with Crippen molar-refractivity contribution in [1.29, 1.82) is 0 Å². The second-order valence-corrected chi connectivity index (χ2v) is 7.72. The van der Waals surface area contributed by atoms with Crippen molar-refractivity contribution in [1.82, 2.24) is 19.5 Å². The van der Waals surface area contributed by atoms with Crippen molar-refractivity contribution in [2.45, 2.75) is 45.2 Å². The Morgan fingerprint density at radius 3 is 2.81 bits per heavy atom. The minimum Gasteiger partial charge on any atom is -0.346 e. The number of hydrogen-bond donors (Lipinski definition) is 0. The zero-order valence-electron chi connectivity index (χ0n) is 15.5. The number of nitrogens with zero attached hydrogens (tertiary/aromatic N) is 5. The Kier molecular flexibility index (Phi) is 3.92. The van der Waals surface area contributed by atoms with Gasteiger partial charge in [0.1, 0.15) is 18.0 Å². The first kappa shape index (κ1) is 16.4. The summed E-state index contributed by atoms with van der Waals surface area (Å²) in [4.78, 5) is 29.2. The van der Waals surface area contributed by atoms with Crippen molar-refractivity contribution in [3.63, 3.8) is 0 Å². The lowest BCUT2D eigenvalue weighted by atomic mass is 10.1. The van der Waals surface area contributed by atoms with E-state index in [1.165, 1.54) is 12.8 Å². The van der Waals surface area contributed by atoms with E-state index in [-0.39, 0.29) is 11.6 Å². The summed E-state index contributed by atoms with van der Waals surface area (Å²) in [6, 6.07) is 9.79. The van der Waals surface area contributed by atoms with Gasteiger partial charge < -0.3 is 4.90 Å². The maximum Gasteiger partial charge on any atom is 0.261 e. The number of hydrogen-bond acceptors (Lipinski definition) is 5. The molecule has 1 aliphatic heterocycles. The molecule has 0 amide bonds. The quantitative estimate of drug-likeness (QED) is 0.714. The maximum absolute atomic E-state index is 13.2. The molecule has 0 spiro atoms. The van der Waals surface area contributed by atoms with Gasteiger partial charge in [-0.25, -0.2) is 15.0 Å². The lowest BCUT2D eigenvalue weighted by Gasteiger charge is -2.27. The SMILES string of the molecule is Cc1cc(N2CCCC2c2nc3ccccc3c(=O)n2CC2CC2)ncn1. The van der Waals surface area contributed by atoms with Crippen molar-refractivity contribution in [2.75, 3.05) is 11.4 Å².